The first-order valence-electron chi connectivity index (χ1n) is 6.53. The third kappa shape index (κ3) is 2.81. The molecule has 0 fully saturated rings. The molecular weight excluding hydrogens is 275 g/mol. The number of ether oxygens (including phenoxy) is 1. The fourth-order valence-electron chi connectivity index (χ4n) is 2.34. The standard InChI is InChI=1S/C16H15FO2S/c17-13-5-6-15(12(7-13)9-18)19-10-14-8-11-3-1-2-4-16(11)20-14/h1-7,14,18H,8-10H2. The number of hydrogen-bond donors (Lipinski definition) is 1. The van der Waals surface area contributed by atoms with Crippen molar-refractivity contribution in [2.75, 3.05) is 6.61 Å². The molecule has 1 aliphatic rings. The molecule has 3 rings (SSSR count). The van der Waals surface area contributed by atoms with Gasteiger partial charge in [0.1, 0.15) is 18.2 Å². The first-order valence-corrected chi connectivity index (χ1v) is 7.41. The maximum atomic E-state index is 13.1. The smallest absolute Gasteiger partial charge is 0.125 e. The summed E-state index contributed by atoms with van der Waals surface area (Å²) < 4.78 is 18.8. The summed E-state index contributed by atoms with van der Waals surface area (Å²) in [5, 5.41) is 9.59. The van der Waals surface area contributed by atoms with Crippen molar-refractivity contribution in [2.24, 2.45) is 0 Å². The molecule has 1 atom stereocenters. The highest BCUT2D eigenvalue weighted by Crippen LogP contribution is 2.37. The van der Waals surface area contributed by atoms with E-state index in [-0.39, 0.29) is 12.4 Å². The van der Waals surface area contributed by atoms with Crippen LogP contribution in [0.4, 0.5) is 4.39 Å². The van der Waals surface area contributed by atoms with Crippen molar-refractivity contribution in [3.8, 4) is 5.75 Å². The van der Waals surface area contributed by atoms with Crippen molar-refractivity contribution in [1.82, 2.24) is 0 Å². The second-order valence-corrected chi connectivity index (χ2v) is 6.12. The van der Waals surface area contributed by atoms with Crippen molar-refractivity contribution < 1.29 is 14.2 Å². The Hall–Kier alpha value is -1.52. The lowest BCUT2D eigenvalue weighted by Gasteiger charge is -2.13. The van der Waals surface area contributed by atoms with E-state index < -0.39 is 0 Å². The molecule has 0 saturated carbocycles. The molecule has 1 unspecified atom stereocenters. The largest absolute Gasteiger partial charge is 0.492 e. The molecule has 2 aromatic rings. The zero-order valence-electron chi connectivity index (χ0n) is 10.9. The van der Waals surface area contributed by atoms with E-state index in [0.29, 0.717) is 23.2 Å². The Bertz CT molecular complexity index is 590. The molecule has 0 spiro atoms. The van der Waals surface area contributed by atoms with Gasteiger partial charge in [0.15, 0.2) is 0 Å². The van der Waals surface area contributed by atoms with Crippen LogP contribution < -0.4 is 4.74 Å². The summed E-state index contributed by atoms with van der Waals surface area (Å²) >= 11 is 1.81. The van der Waals surface area contributed by atoms with Gasteiger partial charge in [-0.15, -0.1) is 11.8 Å². The van der Waals surface area contributed by atoms with E-state index in [2.05, 4.69) is 12.1 Å². The molecule has 0 amide bonds. The molecule has 104 valence electrons. The fourth-order valence-corrected chi connectivity index (χ4v) is 3.56. The molecule has 1 aliphatic heterocycles. The minimum Gasteiger partial charge on any atom is -0.492 e. The predicted molar refractivity (Wildman–Crippen MR) is 77.6 cm³/mol. The maximum absolute atomic E-state index is 13.1. The van der Waals surface area contributed by atoms with Crippen LogP contribution in [0.3, 0.4) is 0 Å². The van der Waals surface area contributed by atoms with Crippen LogP contribution in [0.1, 0.15) is 11.1 Å². The van der Waals surface area contributed by atoms with Gasteiger partial charge in [-0.3, -0.25) is 0 Å². The molecule has 20 heavy (non-hydrogen) atoms. The topological polar surface area (TPSA) is 29.5 Å². The Morgan fingerprint density at radius 2 is 2.10 bits per heavy atom. The number of aliphatic hydroxyl groups excluding tert-OH is 1. The number of rotatable bonds is 4. The lowest BCUT2D eigenvalue weighted by molar-refractivity contribution is 0.262. The summed E-state index contributed by atoms with van der Waals surface area (Å²) in [6, 6.07) is 12.6. The van der Waals surface area contributed by atoms with Crippen LogP contribution in [-0.2, 0) is 13.0 Å². The number of fused-ring (bicyclic) bond motifs is 1. The van der Waals surface area contributed by atoms with E-state index >= 15 is 0 Å². The van der Waals surface area contributed by atoms with E-state index in [1.807, 2.05) is 23.9 Å². The predicted octanol–water partition coefficient (Wildman–Crippen LogP) is 3.41. The van der Waals surface area contributed by atoms with Gasteiger partial charge in [-0.25, -0.2) is 4.39 Å². The van der Waals surface area contributed by atoms with E-state index in [0.717, 1.165) is 6.42 Å². The summed E-state index contributed by atoms with van der Waals surface area (Å²) in [6.45, 7) is 0.336. The van der Waals surface area contributed by atoms with Crippen LogP contribution in [0.15, 0.2) is 47.4 Å². The monoisotopic (exact) mass is 290 g/mol. The summed E-state index contributed by atoms with van der Waals surface area (Å²) in [5.74, 6) is 0.203. The van der Waals surface area contributed by atoms with Crippen LogP contribution in [0, 0.1) is 5.82 Å². The normalized spacial score (nSPS) is 17.0. The van der Waals surface area contributed by atoms with E-state index in [1.54, 1.807) is 6.07 Å². The molecule has 4 heteroatoms. The molecule has 0 radical (unpaired) electrons. The quantitative estimate of drug-likeness (QED) is 0.935. The zero-order valence-corrected chi connectivity index (χ0v) is 11.7. The van der Waals surface area contributed by atoms with E-state index in [9.17, 15) is 9.50 Å². The molecule has 0 bridgehead atoms. The highest BCUT2D eigenvalue weighted by atomic mass is 32.2. The van der Waals surface area contributed by atoms with Crippen LogP contribution in [0.2, 0.25) is 0 Å². The van der Waals surface area contributed by atoms with Gasteiger partial charge in [0.25, 0.3) is 0 Å². The van der Waals surface area contributed by atoms with Crippen LogP contribution in [0.25, 0.3) is 0 Å². The van der Waals surface area contributed by atoms with Gasteiger partial charge in [-0.05, 0) is 36.2 Å². The maximum Gasteiger partial charge on any atom is 0.125 e. The molecule has 0 aliphatic carbocycles. The van der Waals surface area contributed by atoms with Crippen molar-refractivity contribution in [3.05, 3.63) is 59.4 Å². The van der Waals surface area contributed by atoms with Crippen LogP contribution >= 0.6 is 11.8 Å². The fraction of sp³-hybridized carbons (Fsp3) is 0.250. The Labute approximate surface area is 121 Å². The Balaban J connectivity index is 1.64. The van der Waals surface area contributed by atoms with Crippen LogP contribution in [0.5, 0.6) is 5.75 Å². The Kier molecular flexibility index (Phi) is 3.94. The first-order chi connectivity index (χ1) is 9.76. The molecule has 1 heterocycles. The molecule has 1 N–H and O–H groups in total. The van der Waals surface area contributed by atoms with Gasteiger partial charge in [-0.2, -0.15) is 0 Å². The summed E-state index contributed by atoms with van der Waals surface area (Å²) in [4.78, 5) is 1.31. The Morgan fingerprint density at radius 1 is 1.25 bits per heavy atom. The van der Waals surface area contributed by atoms with Gasteiger partial charge < -0.3 is 9.84 Å². The number of benzene rings is 2. The van der Waals surface area contributed by atoms with Crippen LogP contribution in [-0.4, -0.2) is 17.0 Å². The zero-order chi connectivity index (χ0) is 13.9. The second-order valence-electron chi connectivity index (χ2n) is 4.77. The highest BCUT2D eigenvalue weighted by Gasteiger charge is 2.22. The first kappa shape index (κ1) is 13.5. The third-order valence-electron chi connectivity index (χ3n) is 3.33. The minimum atomic E-state index is -0.357. The second kappa shape index (κ2) is 5.85. The summed E-state index contributed by atoms with van der Waals surface area (Å²) in [7, 11) is 0. The molecular formula is C16H15FO2S. The van der Waals surface area contributed by atoms with Crippen molar-refractivity contribution in [3.63, 3.8) is 0 Å². The average Bonchev–Trinajstić information content (AvgIpc) is 2.88. The number of aliphatic hydroxyl groups is 1. The van der Waals surface area contributed by atoms with Gasteiger partial charge in [0.2, 0.25) is 0 Å². The van der Waals surface area contributed by atoms with E-state index in [4.69, 9.17) is 4.74 Å². The van der Waals surface area contributed by atoms with Gasteiger partial charge >= 0.3 is 0 Å². The van der Waals surface area contributed by atoms with E-state index in [1.165, 1.54) is 22.6 Å². The number of hydrogen-bond acceptors (Lipinski definition) is 3. The van der Waals surface area contributed by atoms with Gasteiger partial charge in [0.05, 0.1) is 6.61 Å². The van der Waals surface area contributed by atoms with Crippen molar-refractivity contribution >= 4 is 11.8 Å². The molecule has 0 saturated heterocycles. The minimum absolute atomic E-state index is 0.217. The third-order valence-corrected chi connectivity index (χ3v) is 4.62. The Morgan fingerprint density at radius 3 is 2.90 bits per heavy atom. The average molecular weight is 290 g/mol. The van der Waals surface area contributed by atoms with Gasteiger partial charge in [0, 0.05) is 15.7 Å². The SMILES string of the molecule is OCc1cc(F)ccc1OCC1Cc2ccccc2S1. The summed E-state index contributed by atoms with van der Waals surface area (Å²) in [5.41, 5.74) is 1.85. The molecule has 2 nitrogen and oxygen atoms in total. The lowest BCUT2D eigenvalue weighted by Crippen LogP contribution is -2.14. The van der Waals surface area contributed by atoms with Gasteiger partial charge in [-0.1, -0.05) is 18.2 Å². The van der Waals surface area contributed by atoms with Crippen molar-refractivity contribution in [2.45, 2.75) is 23.2 Å². The lowest BCUT2D eigenvalue weighted by atomic mass is 10.1. The summed E-state index contributed by atoms with van der Waals surface area (Å²) in [6.07, 6.45) is 0.983. The molecule has 2 aromatic carbocycles. The molecule has 0 aromatic heterocycles. The number of halogens is 1. The number of thioether (sulfide) groups is 1. The highest BCUT2D eigenvalue weighted by molar-refractivity contribution is 8.00. The van der Waals surface area contributed by atoms with Crippen molar-refractivity contribution in [1.29, 1.82) is 0 Å².